The molecule has 0 aliphatic heterocycles. The fourth-order valence-corrected chi connectivity index (χ4v) is 4.84. The van der Waals surface area contributed by atoms with Crippen LogP contribution in [0.1, 0.15) is 48.0 Å². The molecule has 9 heteroatoms. The number of sulfonamides is 1. The van der Waals surface area contributed by atoms with Gasteiger partial charge in [0.25, 0.3) is 5.91 Å². The predicted octanol–water partition coefficient (Wildman–Crippen LogP) is 3.06. The minimum absolute atomic E-state index is 0.0875. The lowest BCUT2D eigenvalue weighted by Gasteiger charge is -2.22. The summed E-state index contributed by atoms with van der Waals surface area (Å²) in [4.78, 5) is 18.9. The first-order valence-electron chi connectivity index (χ1n) is 9.77. The SMILES string of the molecule is COc1ccc(C(=O)N(C)Cc2ncc(C)c(OC)c2C)cc1S(=O)(=O)NC(C)(C)C. The molecule has 0 saturated heterocycles. The van der Waals surface area contributed by atoms with Gasteiger partial charge in [0.15, 0.2) is 0 Å². The van der Waals surface area contributed by atoms with Crippen LogP contribution in [0.2, 0.25) is 0 Å². The summed E-state index contributed by atoms with van der Waals surface area (Å²) in [7, 11) is 0.727. The lowest BCUT2D eigenvalue weighted by atomic mass is 10.1. The predicted molar refractivity (Wildman–Crippen MR) is 119 cm³/mol. The van der Waals surface area contributed by atoms with E-state index in [0.29, 0.717) is 5.69 Å². The number of hydrogen-bond acceptors (Lipinski definition) is 6. The van der Waals surface area contributed by atoms with Gasteiger partial charge in [0, 0.05) is 35.5 Å². The van der Waals surface area contributed by atoms with E-state index in [1.54, 1.807) is 47.2 Å². The maximum atomic E-state index is 13.1. The number of nitrogens with one attached hydrogen (secondary N) is 1. The summed E-state index contributed by atoms with van der Waals surface area (Å²) in [6, 6.07) is 4.36. The molecule has 170 valence electrons. The molecule has 0 fully saturated rings. The summed E-state index contributed by atoms with van der Waals surface area (Å²) < 4.78 is 39.0. The van der Waals surface area contributed by atoms with Crippen molar-refractivity contribution in [2.24, 2.45) is 0 Å². The first-order valence-corrected chi connectivity index (χ1v) is 11.3. The molecule has 0 radical (unpaired) electrons. The zero-order valence-corrected chi connectivity index (χ0v) is 20.2. The topological polar surface area (TPSA) is 97.8 Å². The zero-order valence-electron chi connectivity index (χ0n) is 19.4. The van der Waals surface area contributed by atoms with Gasteiger partial charge >= 0.3 is 0 Å². The molecule has 0 bridgehead atoms. The Hall–Kier alpha value is -2.65. The molecule has 31 heavy (non-hydrogen) atoms. The van der Waals surface area contributed by atoms with Crippen molar-refractivity contribution in [3.05, 3.63) is 46.8 Å². The Morgan fingerprint density at radius 1 is 1.16 bits per heavy atom. The van der Waals surface area contributed by atoms with Crippen molar-refractivity contribution in [3.63, 3.8) is 0 Å². The number of amides is 1. The molecule has 0 atom stereocenters. The normalized spacial score (nSPS) is 11.9. The molecule has 0 aliphatic rings. The molecule has 8 nitrogen and oxygen atoms in total. The van der Waals surface area contributed by atoms with Crippen LogP contribution in [-0.4, -0.2) is 51.0 Å². The van der Waals surface area contributed by atoms with Crippen LogP contribution in [0.3, 0.4) is 0 Å². The Labute approximate surface area is 184 Å². The van der Waals surface area contributed by atoms with Gasteiger partial charge in [0.1, 0.15) is 16.4 Å². The van der Waals surface area contributed by atoms with Gasteiger partial charge < -0.3 is 14.4 Å². The third-order valence-corrected chi connectivity index (χ3v) is 6.40. The highest BCUT2D eigenvalue weighted by molar-refractivity contribution is 7.89. The first-order chi connectivity index (χ1) is 14.3. The molecule has 1 heterocycles. The Morgan fingerprint density at radius 3 is 2.35 bits per heavy atom. The second kappa shape index (κ2) is 9.23. The van der Waals surface area contributed by atoms with E-state index in [0.717, 1.165) is 16.9 Å². The number of aryl methyl sites for hydroxylation is 1. The van der Waals surface area contributed by atoms with E-state index in [1.807, 2.05) is 13.8 Å². The third kappa shape index (κ3) is 5.74. The second-order valence-corrected chi connectivity index (χ2v) is 10.1. The van der Waals surface area contributed by atoms with E-state index in [9.17, 15) is 13.2 Å². The molecular weight excluding hydrogens is 418 g/mol. The number of benzene rings is 1. The van der Waals surface area contributed by atoms with E-state index >= 15 is 0 Å². The number of rotatable bonds is 7. The average Bonchev–Trinajstić information content (AvgIpc) is 2.67. The van der Waals surface area contributed by atoms with Crippen LogP contribution in [0.15, 0.2) is 29.3 Å². The molecule has 0 saturated carbocycles. The Morgan fingerprint density at radius 2 is 1.81 bits per heavy atom. The largest absolute Gasteiger partial charge is 0.496 e. The summed E-state index contributed by atoms with van der Waals surface area (Å²) >= 11 is 0. The van der Waals surface area contributed by atoms with Crippen LogP contribution in [0.4, 0.5) is 0 Å². The van der Waals surface area contributed by atoms with Gasteiger partial charge in [-0.2, -0.15) is 0 Å². The Balaban J connectivity index is 2.38. The van der Waals surface area contributed by atoms with Crippen LogP contribution in [0.5, 0.6) is 11.5 Å². The summed E-state index contributed by atoms with van der Waals surface area (Å²) in [6.07, 6.45) is 1.70. The Kier molecular flexibility index (Phi) is 7.33. The lowest BCUT2D eigenvalue weighted by molar-refractivity contribution is 0.0782. The van der Waals surface area contributed by atoms with Gasteiger partial charge in [-0.3, -0.25) is 9.78 Å². The van der Waals surface area contributed by atoms with Gasteiger partial charge in [0.05, 0.1) is 26.5 Å². The number of methoxy groups -OCH3 is 2. The fourth-order valence-electron chi connectivity index (χ4n) is 3.23. The Bertz CT molecular complexity index is 1080. The quantitative estimate of drug-likeness (QED) is 0.698. The molecule has 0 unspecified atom stereocenters. The summed E-state index contributed by atoms with van der Waals surface area (Å²) in [6.45, 7) is 9.27. The van der Waals surface area contributed by atoms with Crippen LogP contribution >= 0.6 is 0 Å². The summed E-state index contributed by atoms with van der Waals surface area (Å²) in [5.74, 6) is 0.560. The number of pyridine rings is 1. The van der Waals surface area contributed by atoms with Crippen LogP contribution in [0, 0.1) is 13.8 Å². The number of ether oxygens (including phenoxy) is 2. The summed E-state index contributed by atoms with van der Waals surface area (Å²) in [5, 5.41) is 0. The van der Waals surface area contributed by atoms with Crippen LogP contribution in [0.25, 0.3) is 0 Å². The van der Waals surface area contributed by atoms with Crippen molar-refractivity contribution >= 4 is 15.9 Å². The van der Waals surface area contributed by atoms with Crippen molar-refractivity contribution in [1.29, 1.82) is 0 Å². The van der Waals surface area contributed by atoms with Crippen molar-refractivity contribution in [2.45, 2.75) is 51.6 Å². The highest BCUT2D eigenvalue weighted by Crippen LogP contribution is 2.28. The maximum Gasteiger partial charge on any atom is 0.253 e. The second-order valence-electron chi connectivity index (χ2n) is 8.43. The van der Waals surface area contributed by atoms with E-state index in [1.165, 1.54) is 24.1 Å². The first kappa shape index (κ1) is 24.6. The van der Waals surface area contributed by atoms with Gasteiger partial charge in [-0.15, -0.1) is 0 Å². The van der Waals surface area contributed by atoms with E-state index in [4.69, 9.17) is 9.47 Å². The molecule has 2 aromatic rings. The van der Waals surface area contributed by atoms with Gasteiger partial charge in [-0.1, -0.05) is 0 Å². The fraction of sp³-hybridized carbons (Fsp3) is 0.455. The van der Waals surface area contributed by atoms with Gasteiger partial charge in [-0.05, 0) is 52.8 Å². The highest BCUT2D eigenvalue weighted by atomic mass is 32.2. The van der Waals surface area contributed by atoms with E-state index in [-0.39, 0.29) is 28.7 Å². The lowest BCUT2D eigenvalue weighted by Crippen LogP contribution is -2.40. The highest BCUT2D eigenvalue weighted by Gasteiger charge is 2.27. The molecule has 1 amide bonds. The average molecular weight is 450 g/mol. The summed E-state index contributed by atoms with van der Waals surface area (Å²) in [5.41, 5.74) is 2.01. The van der Waals surface area contributed by atoms with E-state index in [2.05, 4.69) is 9.71 Å². The molecule has 1 aromatic heterocycles. The molecule has 1 aromatic carbocycles. The number of nitrogens with zero attached hydrogens (tertiary/aromatic N) is 2. The molecule has 1 N–H and O–H groups in total. The molecule has 0 aliphatic carbocycles. The minimum Gasteiger partial charge on any atom is -0.496 e. The number of aromatic nitrogens is 1. The molecular formula is C22H31N3O5S. The monoisotopic (exact) mass is 449 g/mol. The van der Waals surface area contributed by atoms with Crippen molar-refractivity contribution in [2.75, 3.05) is 21.3 Å². The molecule has 2 rings (SSSR count). The van der Waals surface area contributed by atoms with Crippen molar-refractivity contribution < 1.29 is 22.7 Å². The van der Waals surface area contributed by atoms with E-state index < -0.39 is 15.6 Å². The minimum atomic E-state index is -3.90. The smallest absolute Gasteiger partial charge is 0.253 e. The van der Waals surface area contributed by atoms with Crippen LogP contribution < -0.4 is 14.2 Å². The van der Waals surface area contributed by atoms with Crippen molar-refractivity contribution in [1.82, 2.24) is 14.6 Å². The van der Waals surface area contributed by atoms with Gasteiger partial charge in [0.2, 0.25) is 10.0 Å². The zero-order chi connectivity index (χ0) is 23.6. The number of carbonyl (C=O) groups excluding carboxylic acids is 1. The van der Waals surface area contributed by atoms with Gasteiger partial charge in [-0.25, -0.2) is 13.1 Å². The van der Waals surface area contributed by atoms with Crippen LogP contribution in [-0.2, 0) is 16.6 Å². The molecule has 0 spiro atoms. The maximum absolute atomic E-state index is 13.1. The van der Waals surface area contributed by atoms with Crippen molar-refractivity contribution in [3.8, 4) is 11.5 Å². The number of carbonyl (C=O) groups is 1. The third-order valence-electron chi connectivity index (χ3n) is 4.62. The number of hydrogen-bond donors (Lipinski definition) is 1. The standard InChI is InChI=1S/C22H31N3O5S/c1-14-12-23-17(15(2)20(14)30-8)13-25(6)21(26)16-9-10-18(29-7)19(11-16)31(27,28)24-22(3,4)5/h9-12,24H,13H2,1-8H3.